The standard InChI is InChI=1S/C25H21FN2O6S/c26-21-11-6-16(15-33-17-4-2-1-3-5-17)20-14-22(34-23(20)21)24(29)27-12-13-32-18-7-9-19(10-8-18)35-25(30)28-31/h1-11,14,31H,12-13,15H2,(H,27,29)(H,28,30). The molecule has 35 heavy (non-hydrogen) atoms. The zero-order valence-electron chi connectivity index (χ0n) is 18.3. The van der Waals surface area contributed by atoms with Gasteiger partial charge < -0.3 is 19.2 Å². The number of nitrogens with one attached hydrogen (secondary N) is 2. The first-order chi connectivity index (χ1) is 17.0. The zero-order chi connectivity index (χ0) is 24.6. The summed E-state index contributed by atoms with van der Waals surface area (Å²) in [4.78, 5) is 24.3. The third kappa shape index (κ3) is 6.31. The average molecular weight is 497 g/mol. The molecule has 3 aromatic carbocycles. The predicted octanol–water partition coefficient (Wildman–Crippen LogP) is 5.15. The van der Waals surface area contributed by atoms with Gasteiger partial charge in [-0.3, -0.25) is 14.8 Å². The number of carbonyl (C=O) groups is 2. The van der Waals surface area contributed by atoms with Crippen molar-refractivity contribution in [2.45, 2.75) is 11.5 Å². The summed E-state index contributed by atoms with van der Waals surface area (Å²) in [6.07, 6.45) is 0. The Bertz CT molecular complexity index is 1310. The highest BCUT2D eigenvalue weighted by Gasteiger charge is 2.17. The molecule has 0 fully saturated rings. The molecule has 2 amide bonds. The van der Waals surface area contributed by atoms with Gasteiger partial charge in [0.2, 0.25) is 0 Å². The molecule has 0 saturated heterocycles. The summed E-state index contributed by atoms with van der Waals surface area (Å²) in [5.41, 5.74) is 2.22. The molecule has 0 radical (unpaired) electrons. The summed E-state index contributed by atoms with van der Waals surface area (Å²) < 4.78 is 31.1. The van der Waals surface area contributed by atoms with Crippen LogP contribution in [-0.2, 0) is 6.61 Å². The van der Waals surface area contributed by atoms with E-state index < -0.39 is 17.0 Å². The minimum Gasteiger partial charge on any atom is -0.492 e. The number of rotatable bonds is 9. The number of fused-ring (bicyclic) bond motifs is 1. The largest absolute Gasteiger partial charge is 0.492 e. The molecule has 180 valence electrons. The maximum Gasteiger partial charge on any atom is 0.307 e. The van der Waals surface area contributed by atoms with Gasteiger partial charge in [0.15, 0.2) is 17.2 Å². The summed E-state index contributed by atoms with van der Waals surface area (Å²) in [5, 5.41) is 11.1. The highest BCUT2D eigenvalue weighted by Crippen LogP contribution is 2.27. The van der Waals surface area contributed by atoms with Gasteiger partial charge in [-0.25, -0.2) is 9.87 Å². The smallest absolute Gasteiger partial charge is 0.307 e. The van der Waals surface area contributed by atoms with E-state index in [1.807, 2.05) is 30.3 Å². The Morgan fingerprint density at radius 3 is 2.46 bits per heavy atom. The zero-order valence-corrected chi connectivity index (χ0v) is 19.1. The fourth-order valence-electron chi connectivity index (χ4n) is 3.22. The van der Waals surface area contributed by atoms with Crippen LogP contribution in [0.1, 0.15) is 16.1 Å². The fourth-order valence-corrected chi connectivity index (χ4v) is 3.75. The SMILES string of the molecule is O=C(NO)Sc1ccc(OCCNC(=O)c2cc3c(COc4ccccc4)ccc(F)c3o2)cc1. The summed E-state index contributed by atoms with van der Waals surface area (Å²) >= 11 is 0.830. The second-order valence-corrected chi connectivity index (χ2v) is 8.29. The number of benzene rings is 3. The van der Waals surface area contributed by atoms with Crippen LogP contribution in [0.15, 0.2) is 82.1 Å². The molecule has 10 heteroatoms. The highest BCUT2D eigenvalue weighted by atomic mass is 32.2. The summed E-state index contributed by atoms with van der Waals surface area (Å²) in [7, 11) is 0. The molecule has 3 N–H and O–H groups in total. The average Bonchev–Trinajstić information content (AvgIpc) is 3.34. The van der Waals surface area contributed by atoms with E-state index >= 15 is 0 Å². The number of carbonyl (C=O) groups excluding carboxylic acids is 2. The number of furan rings is 1. The molecule has 0 saturated carbocycles. The number of thioether (sulfide) groups is 1. The second kappa shape index (κ2) is 11.4. The summed E-state index contributed by atoms with van der Waals surface area (Å²) in [6.45, 7) is 0.559. The monoisotopic (exact) mass is 496 g/mol. The van der Waals surface area contributed by atoms with Crippen LogP contribution in [0.5, 0.6) is 11.5 Å². The van der Waals surface area contributed by atoms with Crippen molar-refractivity contribution in [3.05, 3.63) is 89.9 Å². The van der Waals surface area contributed by atoms with E-state index in [1.165, 1.54) is 17.6 Å². The molecular formula is C25H21FN2O6S. The van der Waals surface area contributed by atoms with E-state index in [-0.39, 0.29) is 31.1 Å². The maximum atomic E-state index is 14.3. The fraction of sp³-hybridized carbons (Fsp3) is 0.120. The first-order valence-electron chi connectivity index (χ1n) is 10.6. The third-order valence-corrected chi connectivity index (χ3v) is 5.65. The molecule has 0 unspecified atom stereocenters. The van der Waals surface area contributed by atoms with Crippen molar-refractivity contribution in [3.8, 4) is 11.5 Å². The number of para-hydroxylation sites is 1. The van der Waals surface area contributed by atoms with Crippen LogP contribution in [0.2, 0.25) is 0 Å². The lowest BCUT2D eigenvalue weighted by Gasteiger charge is -2.07. The molecule has 0 aliphatic rings. The van der Waals surface area contributed by atoms with Gasteiger partial charge in [0.05, 0.1) is 6.54 Å². The Morgan fingerprint density at radius 2 is 1.71 bits per heavy atom. The predicted molar refractivity (Wildman–Crippen MR) is 127 cm³/mol. The molecule has 8 nitrogen and oxygen atoms in total. The number of hydrogen-bond donors (Lipinski definition) is 3. The summed E-state index contributed by atoms with van der Waals surface area (Å²) in [6, 6.07) is 20.3. The van der Waals surface area contributed by atoms with E-state index in [9.17, 15) is 14.0 Å². The van der Waals surface area contributed by atoms with Gasteiger partial charge in [-0.2, -0.15) is 0 Å². The van der Waals surface area contributed by atoms with Crippen LogP contribution in [0.4, 0.5) is 9.18 Å². The minimum absolute atomic E-state index is 0.00611. The van der Waals surface area contributed by atoms with Gasteiger partial charge in [-0.05, 0) is 60.3 Å². The van der Waals surface area contributed by atoms with Crippen molar-refractivity contribution >= 4 is 33.9 Å². The second-order valence-electron chi connectivity index (χ2n) is 7.24. The van der Waals surface area contributed by atoms with Gasteiger partial charge >= 0.3 is 5.24 Å². The molecule has 1 aromatic heterocycles. The minimum atomic E-state index is -0.595. The molecule has 0 atom stereocenters. The molecule has 0 aliphatic heterocycles. The topological polar surface area (TPSA) is 110 Å². The lowest BCUT2D eigenvalue weighted by Crippen LogP contribution is -2.27. The first kappa shape index (κ1) is 24.1. The van der Waals surface area contributed by atoms with Crippen molar-refractivity contribution in [1.29, 1.82) is 0 Å². The van der Waals surface area contributed by atoms with E-state index in [1.54, 1.807) is 30.3 Å². The maximum absolute atomic E-state index is 14.3. The van der Waals surface area contributed by atoms with Gasteiger partial charge in [0.1, 0.15) is 24.7 Å². The van der Waals surface area contributed by atoms with Gasteiger partial charge in [0.25, 0.3) is 5.91 Å². The third-order valence-electron chi connectivity index (χ3n) is 4.87. The number of amides is 2. The van der Waals surface area contributed by atoms with Crippen LogP contribution in [0.3, 0.4) is 0 Å². The van der Waals surface area contributed by atoms with Crippen LogP contribution in [0, 0.1) is 5.82 Å². The molecule has 0 aliphatic carbocycles. The summed E-state index contributed by atoms with van der Waals surface area (Å²) in [5.74, 6) is 0.136. The van der Waals surface area contributed by atoms with Crippen molar-refractivity contribution in [2.75, 3.05) is 13.2 Å². The van der Waals surface area contributed by atoms with E-state index in [4.69, 9.17) is 19.1 Å². The molecule has 0 spiro atoms. The van der Waals surface area contributed by atoms with Crippen molar-refractivity contribution < 1.29 is 33.1 Å². The number of hydrogen-bond acceptors (Lipinski definition) is 7. The molecular weight excluding hydrogens is 475 g/mol. The van der Waals surface area contributed by atoms with Crippen molar-refractivity contribution in [3.63, 3.8) is 0 Å². The lowest BCUT2D eigenvalue weighted by molar-refractivity contribution is 0.0921. The van der Waals surface area contributed by atoms with E-state index in [2.05, 4.69) is 5.32 Å². The molecule has 1 heterocycles. The normalized spacial score (nSPS) is 10.7. The lowest BCUT2D eigenvalue weighted by atomic mass is 10.1. The highest BCUT2D eigenvalue weighted by molar-refractivity contribution is 8.13. The molecule has 4 aromatic rings. The van der Waals surface area contributed by atoms with Gasteiger partial charge in [-0.15, -0.1) is 0 Å². The van der Waals surface area contributed by atoms with Gasteiger partial charge in [-0.1, -0.05) is 24.3 Å². The number of hydroxylamine groups is 1. The van der Waals surface area contributed by atoms with E-state index in [0.29, 0.717) is 27.3 Å². The van der Waals surface area contributed by atoms with Gasteiger partial charge in [0, 0.05) is 15.8 Å². The number of halogens is 1. The van der Waals surface area contributed by atoms with Crippen molar-refractivity contribution in [2.24, 2.45) is 0 Å². The first-order valence-corrected chi connectivity index (χ1v) is 11.4. The van der Waals surface area contributed by atoms with Crippen LogP contribution >= 0.6 is 11.8 Å². The van der Waals surface area contributed by atoms with Crippen LogP contribution < -0.4 is 20.3 Å². The quantitative estimate of drug-likeness (QED) is 0.127. The molecule has 4 rings (SSSR count). The Labute approximate surface area is 204 Å². The Hall–Kier alpha value is -4.02. The Kier molecular flexibility index (Phi) is 7.86. The molecule has 0 bridgehead atoms. The Balaban J connectivity index is 1.32. The van der Waals surface area contributed by atoms with Crippen molar-refractivity contribution in [1.82, 2.24) is 10.8 Å². The van der Waals surface area contributed by atoms with E-state index in [0.717, 1.165) is 11.8 Å². The number of ether oxygens (including phenoxy) is 2. The Morgan fingerprint density at radius 1 is 0.971 bits per heavy atom. The van der Waals surface area contributed by atoms with Crippen LogP contribution in [-0.4, -0.2) is 29.5 Å². The van der Waals surface area contributed by atoms with Crippen LogP contribution in [0.25, 0.3) is 11.0 Å².